The number of amides is 1. The van der Waals surface area contributed by atoms with Crippen molar-refractivity contribution in [1.29, 1.82) is 0 Å². The first-order chi connectivity index (χ1) is 2.89. The maximum absolute atomic E-state index is 10.0. The number of hydrogen-bond donors (Lipinski definition) is 0. The number of carbonyl (C=O) groups is 1. The van der Waals surface area contributed by atoms with E-state index in [1.54, 1.807) is 6.21 Å². The second kappa shape index (κ2) is 3.04. The Morgan fingerprint density at radius 1 is 1.86 bits per heavy atom. The quantitative estimate of drug-likeness (QED) is 0.505. The van der Waals surface area contributed by atoms with Gasteiger partial charge in [-0.05, 0) is 0 Å². The van der Waals surface area contributed by atoms with Crippen LogP contribution in [0.15, 0.2) is 4.99 Å². The summed E-state index contributed by atoms with van der Waals surface area (Å²) in [7, 11) is 0. The van der Waals surface area contributed by atoms with Crippen molar-refractivity contribution in [3.8, 4) is 0 Å². The maximum Gasteiger partial charge on any atom is 0.304 e. The third-order valence-corrected chi connectivity index (χ3v) is 1.15. The van der Waals surface area contributed by atoms with Crippen LogP contribution >= 0.6 is 24.2 Å². The number of halogens is 1. The Morgan fingerprint density at radius 3 is 2.71 bits per heavy atom. The van der Waals surface area contributed by atoms with Gasteiger partial charge in [0.2, 0.25) is 0 Å². The van der Waals surface area contributed by atoms with E-state index in [1.165, 1.54) is 11.8 Å². The Kier molecular flexibility index (Phi) is 3.04. The van der Waals surface area contributed by atoms with E-state index < -0.39 is 0 Å². The van der Waals surface area contributed by atoms with Gasteiger partial charge in [-0.2, -0.15) is 0 Å². The fourth-order valence-electron chi connectivity index (χ4n) is 0.258. The minimum Gasteiger partial charge on any atom is -0.259 e. The number of nitrogens with zero attached hydrogens (tertiary/aromatic N) is 1. The molecule has 0 aliphatic carbocycles. The first-order valence-electron chi connectivity index (χ1n) is 1.59. The fourth-order valence-corrected chi connectivity index (χ4v) is 0.698. The van der Waals surface area contributed by atoms with Crippen molar-refractivity contribution in [2.24, 2.45) is 4.99 Å². The highest BCUT2D eigenvalue weighted by Crippen LogP contribution is 2.07. The normalized spacial score (nSPS) is 16.9. The first kappa shape index (κ1) is 6.98. The number of hydrogen-bond acceptors (Lipinski definition) is 2. The van der Waals surface area contributed by atoms with Crippen molar-refractivity contribution in [3.63, 3.8) is 0 Å². The summed E-state index contributed by atoms with van der Waals surface area (Å²) in [5.41, 5.74) is 0. The molecule has 40 valence electrons. The Labute approximate surface area is 51.8 Å². The van der Waals surface area contributed by atoms with E-state index in [-0.39, 0.29) is 17.6 Å². The molecule has 2 nitrogen and oxygen atoms in total. The number of carbonyl (C=O) groups excluding carboxylic acids is 1. The molecule has 1 amide bonds. The van der Waals surface area contributed by atoms with Crippen LogP contribution in [-0.4, -0.2) is 17.2 Å². The average Bonchev–Trinajstić information content (AvgIpc) is 1.86. The summed E-state index contributed by atoms with van der Waals surface area (Å²) < 4.78 is 0. The highest BCUT2D eigenvalue weighted by molar-refractivity contribution is 8.14. The summed E-state index contributed by atoms with van der Waals surface area (Å²) in [6.45, 7) is 0. The molecule has 1 rings (SSSR count). The number of aliphatic imine (C=N–C) groups is 1. The van der Waals surface area contributed by atoms with Gasteiger partial charge < -0.3 is 0 Å². The predicted octanol–water partition coefficient (Wildman–Crippen LogP) is 1.35. The third kappa shape index (κ3) is 1.94. The van der Waals surface area contributed by atoms with Crippen LogP contribution in [-0.2, 0) is 0 Å². The summed E-state index contributed by atoms with van der Waals surface area (Å²) in [6.07, 6.45) is 1.62. The zero-order valence-corrected chi connectivity index (χ0v) is 5.09. The molecule has 0 radical (unpaired) electrons. The summed E-state index contributed by atoms with van der Waals surface area (Å²) in [6, 6.07) is 0. The van der Waals surface area contributed by atoms with Crippen LogP contribution in [0.25, 0.3) is 0 Å². The topological polar surface area (TPSA) is 29.4 Å². The molecule has 7 heavy (non-hydrogen) atoms. The highest BCUT2D eigenvalue weighted by atomic mass is 35.5. The van der Waals surface area contributed by atoms with Gasteiger partial charge in [0, 0.05) is 12.0 Å². The molecule has 4 heteroatoms. The van der Waals surface area contributed by atoms with E-state index in [9.17, 15) is 4.79 Å². The zero-order valence-electron chi connectivity index (χ0n) is 3.46. The molecule has 0 aromatic carbocycles. The van der Waals surface area contributed by atoms with Gasteiger partial charge in [-0.1, -0.05) is 11.8 Å². The van der Waals surface area contributed by atoms with Crippen molar-refractivity contribution in [3.05, 3.63) is 0 Å². The van der Waals surface area contributed by atoms with Gasteiger partial charge in [0.15, 0.2) is 0 Å². The summed E-state index contributed by atoms with van der Waals surface area (Å²) in [5.74, 6) is 0.763. The lowest BCUT2D eigenvalue weighted by atomic mass is 10.9. The lowest BCUT2D eigenvalue weighted by molar-refractivity contribution is 0.268. The number of rotatable bonds is 0. The Hall–Kier alpha value is -0.0200. The van der Waals surface area contributed by atoms with Crippen LogP contribution in [0.4, 0.5) is 4.79 Å². The van der Waals surface area contributed by atoms with E-state index in [2.05, 4.69) is 4.99 Å². The molecule has 0 spiro atoms. The standard InChI is InChI=1S/C3H3NOS.ClH/c5-3-4-1-2-6-3;/h1H,2H2;1H. The van der Waals surface area contributed by atoms with E-state index in [0.717, 1.165) is 5.75 Å². The van der Waals surface area contributed by atoms with E-state index in [4.69, 9.17) is 0 Å². The van der Waals surface area contributed by atoms with Gasteiger partial charge in [0.25, 0.3) is 0 Å². The lowest BCUT2D eigenvalue weighted by Crippen LogP contribution is -1.67. The second-order valence-corrected chi connectivity index (χ2v) is 1.86. The van der Waals surface area contributed by atoms with Crippen LogP contribution in [0.2, 0.25) is 0 Å². The molecule has 0 saturated carbocycles. The molecule has 1 aliphatic heterocycles. The molecular formula is C3H4ClNOS. The molecule has 0 aromatic heterocycles. The van der Waals surface area contributed by atoms with Crippen LogP contribution in [0, 0.1) is 0 Å². The van der Waals surface area contributed by atoms with E-state index >= 15 is 0 Å². The Morgan fingerprint density at radius 2 is 2.57 bits per heavy atom. The van der Waals surface area contributed by atoms with Crippen molar-refractivity contribution < 1.29 is 4.79 Å². The molecule has 0 bridgehead atoms. The van der Waals surface area contributed by atoms with Crippen LogP contribution in [0.3, 0.4) is 0 Å². The van der Waals surface area contributed by atoms with Crippen molar-refractivity contribution in [2.45, 2.75) is 0 Å². The molecule has 0 saturated heterocycles. The molecule has 1 aliphatic rings. The Bertz CT molecular complexity index is 103. The largest absolute Gasteiger partial charge is 0.304 e. The van der Waals surface area contributed by atoms with Gasteiger partial charge in [-0.15, -0.1) is 12.4 Å². The highest BCUT2D eigenvalue weighted by Gasteiger charge is 2.01. The summed E-state index contributed by atoms with van der Waals surface area (Å²) >= 11 is 1.24. The molecule has 0 fully saturated rings. The van der Waals surface area contributed by atoms with Gasteiger partial charge >= 0.3 is 5.24 Å². The van der Waals surface area contributed by atoms with Crippen LogP contribution < -0.4 is 0 Å². The molecular weight excluding hydrogens is 134 g/mol. The molecule has 0 N–H and O–H groups in total. The van der Waals surface area contributed by atoms with E-state index in [1.807, 2.05) is 0 Å². The predicted molar refractivity (Wildman–Crippen MR) is 33.6 cm³/mol. The molecule has 0 unspecified atom stereocenters. The SMILES string of the molecule is Cl.O=C1N=CCS1. The maximum atomic E-state index is 10.0. The van der Waals surface area contributed by atoms with Gasteiger partial charge in [-0.3, -0.25) is 4.79 Å². The van der Waals surface area contributed by atoms with Gasteiger partial charge in [0.05, 0.1) is 0 Å². The smallest absolute Gasteiger partial charge is 0.259 e. The van der Waals surface area contributed by atoms with Gasteiger partial charge in [0.1, 0.15) is 0 Å². The second-order valence-electron chi connectivity index (χ2n) is 0.889. The molecule has 0 atom stereocenters. The minimum absolute atomic E-state index is 0. The number of thioether (sulfide) groups is 1. The summed E-state index contributed by atoms with van der Waals surface area (Å²) in [4.78, 5) is 13.4. The van der Waals surface area contributed by atoms with Crippen LogP contribution in [0.1, 0.15) is 0 Å². The fraction of sp³-hybridized carbons (Fsp3) is 0.333. The minimum atomic E-state index is -0.0602. The third-order valence-electron chi connectivity index (χ3n) is 0.478. The monoisotopic (exact) mass is 137 g/mol. The Balaban J connectivity index is 0.000000360. The summed E-state index contributed by atoms with van der Waals surface area (Å²) in [5, 5.41) is -0.0602. The van der Waals surface area contributed by atoms with Crippen molar-refractivity contribution in [1.82, 2.24) is 0 Å². The van der Waals surface area contributed by atoms with Crippen molar-refractivity contribution >= 4 is 35.6 Å². The molecule has 0 aromatic rings. The van der Waals surface area contributed by atoms with Crippen molar-refractivity contribution in [2.75, 3.05) is 5.75 Å². The van der Waals surface area contributed by atoms with E-state index in [0.29, 0.717) is 0 Å². The zero-order chi connectivity index (χ0) is 4.41. The first-order valence-corrected chi connectivity index (χ1v) is 2.57. The lowest BCUT2D eigenvalue weighted by Gasteiger charge is -1.69. The van der Waals surface area contributed by atoms with Crippen LogP contribution in [0.5, 0.6) is 0 Å². The average molecular weight is 138 g/mol. The molecule has 1 heterocycles. The van der Waals surface area contributed by atoms with Gasteiger partial charge in [-0.25, -0.2) is 4.99 Å².